The first-order chi connectivity index (χ1) is 9.21. The largest absolute Gasteiger partial charge is 0.416 e. The van der Waals surface area contributed by atoms with Crippen molar-refractivity contribution in [1.82, 2.24) is 9.78 Å². The summed E-state index contributed by atoms with van der Waals surface area (Å²) in [5, 5.41) is 3.82. The van der Waals surface area contributed by atoms with Gasteiger partial charge in [-0.1, -0.05) is 23.2 Å². The molecule has 0 amide bonds. The van der Waals surface area contributed by atoms with Gasteiger partial charge in [0.1, 0.15) is 11.5 Å². The van der Waals surface area contributed by atoms with Gasteiger partial charge in [0, 0.05) is 20.2 Å². The first-order valence-electron chi connectivity index (χ1n) is 5.50. The molecule has 0 spiro atoms. The molecule has 0 fully saturated rings. The van der Waals surface area contributed by atoms with Crippen LogP contribution in [-0.4, -0.2) is 23.9 Å². The van der Waals surface area contributed by atoms with E-state index in [1.54, 1.807) is 25.1 Å². The van der Waals surface area contributed by atoms with Crippen molar-refractivity contribution in [2.75, 3.05) is 19.0 Å². The van der Waals surface area contributed by atoms with Crippen LogP contribution in [0, 0.1) is 0 Å². The number of halogens is 5. The van der Waals surface area contributed by atoms with E-state index < -0.39 is 11.7 Å². The first kappa shape index (κ1) is 15.0. The van der Waals surface area contributed by atoms with Gasteiger partial charge in [-0.2, -0.15) is 18.3 Å². The number of alkyl halides is 3. The molecule has 2 aromatic rings. The van der Waals surface area contributed by atoms with Crippen LogP contribution < -0.4 is 4.90 Å². The third-order valence-electron chi connectivity index (χ3n) is 2.64. The van der Waals surface area contributed by atoms with E-state index in [2.05, 4.69) is 5.10 Å². The molecule has 0 N–H and O–H groups in total. The van der Waals surface area contributed by atoms with Gasteiger partial charge >= 0.3 is 6.18 Å². The standard InChI is InChI=1S/C12H10Cl2F3N3/c1-19(2)10-3-4-18-20(10)11-8(13)5-7(6-9(11)14)12(15,16)17/h3-6H,1-2H3. The summed E-state index contributed by atoms with van der Waals surface area (Å²) in [5.74, 6) is 0.647. The summed E-state index contributed by atoms with van der Waals surface area (Å²) in [4.78, 5) is 1.75. The van der Waals surface area contributed by atoms with E-state index in [1.807, 2.05) is 0 Å². The Hall–Kier alpha value is -1.40. The van der Waals surface area contributed by atoms with E-state index in [0.29, 0.717) is 5.82 Å². The molecule has 0 saturated heterocycles. The minimum Gasteiger partial charge on any atom is -0.363 e. The zero-order valence-corrected chi connectivity index (χ0v) is 12.1. The topological polar surface area (TPSA) is 21.1 Å². The molecule has 1 aromatic heterocycles. The van der Waals surface area contributed by atoms with Crippen molar-refractivity contribution < 1.29 is 13.2 Å². The number of nitrogens with zero attached hydrogens (tertiary/aromatic N) is 3. The first-order valence-corrected chi connectivity index (χ1v) is 6.25. The molecule has 3 nitrogen and oxygen atoms in total. The second-order valence-electron chi connectivity index (χ2n) is 4.28. The molecular formula is C12H10Cl2F3N3. The van der Waals surface area contributed by atoms with E-state index in [0.717, 1.165) is 12.1 Å². The smallest absolute Gasteiger partial charge is 0.363 e. The molecule has 0 aliphatic heterocycles. The van der Waals surface area contributed by atoms with Gasteiger partial charge in [0.2, 0.25) is 0 Å². The Labute approximate surface area is 123 Å². The summed E-state index contributed by atoms with van der Waals surface area (Å²) in [6, 6.07) is 3.37. The van der Waals surface area contributed by atoms with E-state index in [1.165, 1.54) is 10.9 Å². The van der Waals surface area contributed by atoms with Crippen LogP contribution in [0.15, 0.2) is 24.4 Å². The van der Waals surface area contributed by atoms with Crippen LogP contribution in [0.5, 0.6) is 0 Å². The highest BCUT2D eigenvalue weighted by Gasteiger charge is 2.32. The van der Waals surface area contributed by atoms with Gasteiger partial charge in [-0.05, 0) is 12.1 Å². The van der Waals surface area contributed by atoms with Gasteiger partial charge in [-0.3, -0.25) is 0 Å². The maximum absolute atomic E-state index is 12.7. The van der Waals surface area contributed by atoms with Crippen molar-refractivity contribution in [3.63, 3.8) is 0 Å². The molecule has 0 unspecified atom stereocenters. The number of benzene rings is 1. The van der Waals surface area contributed by atoms with Gasteiger partial charge in [0.15, 0.2) is 0 Å². The van der Waals surface area contributed by atoms with Crippen molar-refractivity contribution in [3.8, 4) is 5.69 Å². The lowest BCUT2D eigenvalue weighted by Gasteiger charge is -2.17. The van der Waals surface area contributed by atoms with Gasteiger partial charge in [0.05, 0.1) is 21.8 Å². The summed E-state index contributed by atoms with van der Waals surface area (Å²) in [5.41, 5.74) is -0.676. The quantitative estimate of drug-likeness (QED) is 0.823. The summed E-state index contributed by atoms with van der Waals surface area (Å²) >= 11 is 11.9. The lowest BCUT2D eigenvalue weighted by atomic mass is 10.2. The molecule has 2 rings (SSSR count). The molecule has 1 heterocycles. The van der Waals surface area contributed by atoms with E-state index in [4.69, 9.17) is 23.2 Å². The number of rotatable bonds is 2. The molecule has 8 heteroatoms. The Kier molecular flexibility index (Phi) is 3.88. The molecule has 1 aromatic carbocycles. The third kappa shape index (κ3) is 2.71. The van der Waals surface area contributed by atoms with Crippen molar-refractivity contribution in [2.45, 2.75) is 6.18 Å². The number of anilines is 1. The minimum atomic E-state index is -4.50. The average molecular weight is 324 g/mol. The Morgan fingerprint density at radius 3 is 2.15 bits per heavy atom. The average Bonchev–Trinajstić information content (AvgIpc) is 2.75. The molecule has 0 bridgehead atoms. The zero-order chi connectivity index (χ0) is 15.1. The highest BCUT2D eigenvalue weighted by Crippen LogP contribution is 2.38. The van der Waals surface area contributed by atoms with Gasteiger partial charge in [0.25, 0.3) is 0 Å². The van der Waals surface area contributed by atoms with Gasteiger partial charge in [-0.15, -0.1) is 0 Å². The van der Waals surface area contributed by atoms with Gasteiger partial charge < -0.3 is 4.90 Å². The van der Waals surface area contributed by atoms with Crippen molar-refractivity contribution >= 4 is 29.0 Å². The maximum atomic E-state index is 12.7. The minimum absolute atomic E-state index is 0.114. The predicted molar refractivity (Wildman–Crippen MR) is 72.9 cm³/mol. The van der Waals surface area contributed by atoms with Crippen molar-refractivity contribution in [1.29, 1.82) is 0 Å². The van der Waals surface area contributed by atoms with Gasteiger partial charge in [-0.25, -0.2) is 4.68 Å². The third-order valence-corrected chi connectivity index (χ3v) is 3.21. The molecule has 0 radical (unpaired) electrons. The number of hydrogen-bond acceptors (Lipinski definition) is 2. The second-order valence-corrected chi connectivity index (χ2v) is 5.10. The zero-order valence-electron chi connectivity index (χ0n) is 10.5. The second kappa shape index (κ2) is 5.18. The van der Waals surface area contributed by atoms with E-state index in [-0.39, 0.29) is 15.7 Å². The van der Waals surface area contributed by atoms with Crippen LogP contribution in [-0.2, 0) is 6.18 Å². The summed E-state index contributed by atoms with van der Waals surface area (Å²) in [7, 11) is 3.55. The van der Waals surface area contributed by atoms with Crippen LogP contribution in [0.25, 0.3) is 5.69 Å². The fourth-order valence-electron chi connectivity index (χ4n) is 1.74. The van der Waals surface area contributed by atoms with Crippen LogP contribution >= 0.6 is 23.2 Å². The molecule has 0 aliphatic rings. The van der Waals surface area contributed by atoms with Crippen molar-refractivity contribution in [2.24, 2.45) is 0 Å². The normalized spacial score (nSPS) is 11.8. The molecule has 0 aliphatic carbocycles. The number of aromatic nitrogens is 2. The molecule has 108 valence electrons. The predicted octanol–water partition coefficient (Wildman–Crippen LogP) is 4.26. The van der Waals surface area contributed by atoms with Crippen molar-refractivity contribution in [3.05, 3.63) is 40.0 Å². The molecule has 0 atom stereocenters. The fraction of sp³-hybridized carbons (Fsp3) is 0.250. The van der Waals surface area contributed by atoms with Crippen LogP contribution in [0.1, 0.15) is 5.56 Å². The Morgan fingerprint density at radius 2 is 1.70 bits per heavy atom. The highest BCUT2D eigenvalue weighted by molar-refractivity contribution is 6.37. The summed E-state index contributed by atoms with van der Waals surface area (Å²) in [6.45, 7) is 0. The fourth-order valence-corrected chi connectivity index (χ4v) is 2.39. The van der Waals surface area contributed by atoms with Crippen LogP contribution in [0.3, 0.4) is 0 Å². The Balaban J connectivity index is 2.62. The lowest BCUT2D eigenvalue weighted by molar-refractivity contribution is -0.137. The van der Waals surface area contributed by atoms with E-state index in [9.17, 15) is 13.2 Å². The maximum Gasteiger partial charge on any atom is 0.416 e. The Morgan fingerprint density at radius 1 is 1.15 bits per heavy atom. The number of hydrogen-bond donors (Lipinski definition) is 0. The SMILES string of the molecule is CN(C)c1ccnn1-c1c(Cl)cc(C(F)(F)F)cc1Cl. The monoisotopic (exact) mass is 323 g/mol. The molecular weight excluding hydrogens is 314 g/mol. The Bertz CT molecular complexity index is 612. The molecule has 20 heavy (non-hydrogen) atoms. The molecule has 0 saturated carbocycles. The van der Waals surface area contributed by atoms with E-state index >= 15 is 0 Å². The summed E-state index contributed by atoms with van der Waals surface area (Å²) in [6.07, 6.45) is -2.99. The highest BCUT2D eigenvalue weighted by atomic mass is 35.5. The van der Waals surface area contributed by atoms with Crippen LogP contribution in [0.4, 0.5) is 19.0 Å². The summed E-state index contributed by atoms with van der Waals surface area (Å²) < 4.78 is 39.4. The lowest BCUT2D eigenvalue weighted by Crippen LogP contribution is -2.15. The van der Waals surface area contributed by atoms with Crippen LogP contribution in [0.2, 0.25) is 10.0 Å².